The minimum Gasteiger partial charge on any atom is -0.391 e. The van der Waals surface area contributed by atoms with Gasteiger partial charge in [-0.05, 0) is 38.5 Å². The maximum atomic E-state index is 12.8. The molecule has 6 nitrogen and oxygen atoms in total. The highest BCUT2D eigenvalue weighted by Gasteiger charge is 2.35. The third-order valence-electron chi connectivity index (χ3n) is 4.13. The van der Waals surface area contributed by atoms with Crippen LogP contribution >= 0.6 is 0 Å². The Morgan fingerprint density at radius 2 is 1.95 bits per heavy atom. The highest BCUT2D eigenvalue weighted by Crippen LogP contribution is 2.33. The fourth-order valence-electron chi connectivity index (χ4n) is 2.72. The average molecular weight is 329 g/mol. The third-order valence-corrected chi connectivity index (χ3v) is 6.21. The fraction of sp³-hybridized carbons (Fsp3) is 0.800. The molecule has 22 heavy (non-hydrogen) atoms. The molecule has 0 saturated heterocycles. The van der Waals surface area contributed by atoms with Crippen molar-refractivity contribution in [2.45, 2.75) is 58.1 Å². The summed E-state index contributed by atoms with van der Waals surface area (Å²) in [6, 6.07) is 0. The molecule has 0 aliphatic heterocycles. The van der Waals surface area contributed by atoms with Gasteiger partial charge in [0.05, 0.1) is 17.5 Å². The van der Waals surface area contributed by atoms with E-state index in [9.17, 15) is 13.5 Å². The summed E-state index contributed by atoms with van der Waals surface area (Å²) < 4.78 is 28.6. The van der Waals surface area contributed by atoms with E-state index in [1.807, 2.05) is 0 Å². The molecular formula is C15H27N3O3S. The lowest BCUT2D eigenvalue weighted by Gasteiger charge is -2.20. The van der Waals surface area contributed by atoms with Crippen molar-refractivity contribution in [1.29, 1.82) is 0 Å². The van der Waals surface area contributed by atoms with E-state index in [1.54, 1.807) is 18.5 Å². The molecule has 1 aromatic heterocycles. The van der Waals surface area contributed by atoms with Crippen LogP contribution < -0.4 is 0 Å². The van der Waals surface area contributed by atoms with E-state index in [1.165, 1.54) is 11.4 Å². The highest BCUT2D eigenvalue weighted by molar-refractivity contribution is 7.89. The van der Waals surface area contributed by atoms with Crippen molar-refractivity contribution in [1.82, 2.24) is 14.1 Å². The number of aliphatic hydroxyl groups is 1. The van der Waals surface area contributed by atoms with Gasteiger partial charge in [0.15, 0.2) is 0 Å². The fourth-order valence-corrected chi connectivity index (χ4v) is 4.28. The van der Waals surface area contributed by atoms with Crippen LogP contribution in [0, 0.1) is 25.7 Å². The molecule has 0 radical (unpaired) electrons. The van der Waals surface area contributed by atoms with Gasteiger partial charge in [-0.15, -0.1) is 0 Å². The van der Waals surface area contributed by atoms with Gasteiger partial charge in [0.25, 0.3) is 0 Å². The van der Waals surface area contributed by atoms with E-state index in [0.29, 0.717) is 23.9 Å². The SMILES string of the molecule is Cc1nn(CC(C)C)c(C)c1S(=O)(=O)N(C)C[C@@H](O)C1CC1. The Hall–Kier alpha value is -0.920. The molecule has 0 amide bonds. The Balaban J connectivity index is 2.26. The van der Waals surface area contributed by atoms with E-state index >= 15 is 0 Å². The Labute approximate surface area is 133 Å². The molecule has 1 saturated carbocycles. The summed E-state index contributed by atoms with van der Waals surface area (Å²) in [5.74, 6) is 0.645. The zero-order chi connectivity index (χ0) is 16.7. The van der Waals surface area contributed by atoms with Crippen molar-refractivity contribution in [3.63, 3.8) is 0 Å². The highest BCUT2D eigenvalue weighted by atomic mass is 32.2. The summed E-state index contributed by atoms with van der Waals surface area (Å²) in [6.07, 6.45) is 1.39. The minimum atomic E-state index is -3.63. The van der Waals surface area contributed by atoms with Gasteiger partial charge in [0.1, 0.15) is 4.90 Å². The second-order valence-electron chi connectivity index (χ2n) is 6.77. The third kappa shape index (κ3) is 3.52. The lowest BCUT2D eigenvalue weighted by Crippen LogP contribution is -2.35. The quantitative estimate of drug-likeness (QED) is 0.823. The predicted molar refractivity (Wildman–Crippen MR) is 85.1 cm³/mol. The monoisotopic (exact) mass is 329 g/mol. The summed E-state index contributed by atoms with van der Waals surface area (Å²) in [4.78, 5) is 0.277. The van der Waals surface area contributed by atoms with E-state index in [0.717, 1.165) is 12.8 Å². The molecule has 1 aliphatic carbocycles. The molecule has 0 spiro atoms. The van der Waals surface area contributed by atoms with Gasteiger partial charge < -0.3 is 5.11 Å². The number of nitrogens with zero attached hydrogens (tertiary/aromatic N) is 3. The van der Waals surface area contributed by atoms with Crippen molar-refractivity contribution >= 4 is 10.0 Å². The first-order chi connectivity index (χ1) is 10.1. The molecule has 7 heteroatoms. The van der Waals surface area contributed by atoms with Crippen LogP contribution in [0.4, 0.5) is 0 Å². The predicted octanol–water partition coefficient (Wildman–Crippen LogP) is 1.55. The summed E-state index contributed by atoms with van der Waals surface area (Å²) in [7, 11) is -2.10. The Morgan fingerprint density at radius 1 is 1.36 bits per heavy atom. The first-order valence-corrected chi connectivity index (χ1v) is 9.27. The first kappa shape index (κ1) is 17.4. The van der Waals surface area contributed by atoms with Crippen molar-refractivity contribution in [3.8, 4) is 0 Å². The van der Waals surface area contributed by atoms with Crippen molar-refractivity contribution in [2.24, 2.45) is 11.8 Å². The second kappa shape index (κ2) is 6.29. The lowest BCUT2D eigenvalue weighted by molar-refractivity contribution is 0.131. The number of sulfonamides is 1. The molecule has 0 unspecified atom stereocenters. The number of hydrogen-bond acceptors (Lipinski definition) is 4. The van der Waals surface area contributed by atoms with Crippen LogP contribution in [-0.2, 0) is 16.6 Å². The van der Waals surface area contributed by atoms with E-state index in [4.69, 9.17) is 0 Å². The van der Waals surface area contributed by atoms with Crippen LogP contribution in [0.25, 0.3) is 0 Å². The minimum absolute atomic E-state index is 0.140. The molecule has 1 atom stereocenters. The number of aromatic nitrogens is 2. The summed E-state index contributed by atoms with van der Waals surface area (Å²) >= 11 is 0. The molecule has 1 aliphatic rings. The molecule has 1 fully saturated rings. The number of aryl methyl sites for hydroxylation is 1. The van der Waals surface area contributed by atoms with Crippen LogP contribution in [0.1, 0.15) is 38.1 Å². The maximum absolute atomic E-state index is 12.8. The standard InChI is InChI=1S/C15H27N3O3S/c1-10(2)8-18-12(4)15(11(3)16-18)22(20,21)17(5)9-14(19)13-6-7-13/h10,13-14,19H,6-9H2,1-5H3/t14-/m1/s1. The summed E-state index contributed by atoms with van der Waals surface area (Å²) in [5.41, 5.74) is 1.19. The number of hydrogen-bond donors (Lipinski definition) is 1. The van der Waals surface area contributed by atoms with Gasteiger partial charge in [0.2, 0.25) is 10.0 Å². The zero-order valence-electron chi connectivity index (χ0n) is 14.1. The molecule has 2 rings (SSSR count). The van der Waals surface area contributed by atoms with Crippen LogP contribution in [0.15, 0.2) is 4.90 Å². The van der Waals surface area contributed by atoms with E-state index in [2.05, 4.69) is 18.9 Å². The Morgan fingerprint density at radius 3 is 2.45 bits per heavy atom. The van der Waals surface area contributed by atoms with Crippen molar-refractivity contribution in [3.05, 3.63) is 11.4 Å². The topological polar surface area (TPSA) is 75.4 Å². The van der Waals surface area contributed by atoms with E-state index < -0.39 is 16.1 Å². The Bertz CT molecular complexity index is 633. The van der Waals surface area contributed by atoms with Crippen LogP contribution in [-0.4, -0.2) is 47.3 Å². The van der Waals surface area contributed by atoms with E-state index in [-0.39, 0.29) is 17.4 Å². The molecular weight excluding hydrogens is 302 g/mol. The summed E-state index contributed by atoms with van der Waals surface area (Å²) in [6.45, 7) is 8.49. The van der Waals surface area contributed by atoms with Gasteiger partial charge in [0, 0.05) is 20.1 Å². The van der Waals surface area contributed by atoms with Gasteiger partial charge in [-0.3, -0.25) is 4.68 Å². The molecule has 1 aromatic rings. The van der Waals surface area contributed by atoms with Crippen molar-refractivity contribution < 1.29 is 13.5 Å². The average Bonchev–Trinajstić information content (AvgIpc) is 3.17. The van der Waals surface area contributed by atoms with Gasteiger partial charge in [-0.25, -0.2) is 8.42 Å². The summed E-state index contributed by atoms with van der Waals surface area (Å²) in [5, 5.41) is 14.4. The first-order valence-electron chi connectivity index (χ1n) is 7.83. The number of likely N-dealkylation sites (N-methyl/N-ethyl adjacent to an activating group) is 1. The molecule has 1 N–H and O–H groups in total. The number of aliphatic hydroxyl groups excluding tert-OH is 1. The Kier molecular flexibility index (Phi) is 4.99. The van der Waals surface area contributed by atoms with Gasteiger partial charge in [-0.2, -0.15) is 9.40 Å². The van der Waals surface area contributed by atoms with Gasteiger partial charge >= 0.3 is 0 Å². The molecule has 126 valence electrons. The smallest absolute Gasteiger partial charge is 0.246 e. The van der Waals surface area contributed by atoms with Crippen LogP contribution in [0.3, 0.4) is 0 Å². The normalized spacial score (nSPS) is 17.5. The van der Waals surface area contributed by atoms with Crippen LogP contribution in [0.5, 0.6) is 0 Å². The largest absolute Gasteiger partial charge is 0.391 e. The van der Waals surface area contributed by atoms with Crippen molar-refractivity contribution in [2.75, 3.05) is 13.6 Å². The zero-order valence-corrected chi connectivity index (χ0v) is 14.9. The van der Waals surface area contributed by atoms with Gasteiger partial charge in [-0.1, -0.05) is 13.8 Å². The molecule has 1 heterocycles. The second-order valence-corrected chi connectivity index (χ2v) is 8.75. The molecule has 0 bridgehead atoms. The maximum Gasteiger partial charge on any atom is 0.246 e. The lowest BCUT2D eigenvalue weighted by atomic mass is 10.2. The molecule has 0 aromatic carbocycles. The number of rotatable bonds is 7. The van der Waals surface area contributed by atoms with Crippen LogP contribution in [0.2, 0.25) is 0 Å².